The van der Waals surface area contributed by atoms with Crippen molar-refractivity contribution in [2.75, 3.05) is 38.7 Å². The van der Waals surface area contributed by atoms with Crippen molar-refractivity contribution in [3.63, 3.8) is 0 Å². The average Bonchev–Trinajstić information content (AvgIpc) is 3.06. The third-order valence-corrected chi connectivity index (χ3v) is 5.34. The molecule has 0 spiro atoms. The Morgan fingerprint density at radius 2 is 1.95 bits per heavy atom. The fourth-order valence-electron chi connectivity index (χ4n) is 3.25. The van der Waals surface area contributed by atoms with Gasteiger partial charge in [-0.15, -0.1) is 24.0 Å². The molecule has 0 radical (unpaired) electrons. The van der Waals surface area contributed by atoms with E-state index in [1.165, 1.54) is 31.9 Å². The van der Waals surface area contributed by atoms with Gasteiger partial charge in [-0.2, -0.15) is 0 Å². The zero-order valence-corrected chi connectivity index (χ0v) is 16.7. The molecule has 0 aromatic heterocycles. The molecule has 2 fully saturated rings. The molecule has 2 N–H and O–H groups in total. The van der Waals surface area contributed by atoms with Crippen molar-refractivity contribution < 1.29 is 8.42 Å². The van der Waals surface area contributed by atoms with Gasteiger partial charge < -0.3 is 10.6 Å². The maximum absolute atomic E-state index is 11.1. The minimum absolute atomic E-state index is 0. The molecule has 8 heteroatoms. The Labute approximate surface area is 151 Å². The number of nitrogens with zero attached hydrogens (tertiary/aromatic N) is 2. The SMILES string of the molecule is CN=C(NCCS(C)(=O)=O)NC1CCN(C2CCCC2)C1.I. The van der Waals surface area contributed by atoms with Crippen molar-refractivity contribution in [3.8, 4) is 0 Å². The summed E-state index contributed by atoms with van der Waals surface area (Å²) in [4.78, 5) is 6.77. The Kier molecular flexibility index (Phi) is 8.40. The van der Waals surface area contributed by atoms with E-state index in [-0.39, 0.29) is 29.7 Å². The molecule has 22 heavy (non-hydrogen) atoms. The zero-order chi connectivity index (χ0) is 15.3. The van der Waals surface area contributed by atoms with E-state index in [0.717, 1.165) is 25.6 Å². The molecule has 1 unspecified atom stereocenters. The van der Waals surface area contributed by atoms with Crippen LogP contribution in [0.15, 0.2) is 4.99 Å². The van der Waals surface area contributed by atoms with Gasteiger partial charge in [-0.05, 0) is 19.3 Å². The number of halogens is 1. The molecule has 0 bridgehead atoms. The van der Waals surface area contributed by atoms with Crippen molar-refractivity contribution in [1.29, 1.82) is 0 Å². The highest BCUT2D eigenvalue weighted by Crippen LogP contribution is 2.26. The summed E-state index contributed by atoms with van der Waals surface area (Å²) >= 11 is 0. The number of aliphatic imine (C=N–C) groups is 1. The first-order valence-corrected chi connectivity index (χ1v) is 9.93. The number of guanidine groups is 1. The van der Waals surface area contributed by atoms with Crippen molar-refractivity contribution in [1.82, 2.24) is 15.5 Å². The predicted molar refractivity (Wildman–Crippen MR) is 102 cm³/mol. The molecule has 130 valence electrons. The molecule has 0 aromatic rings. The minimum Gasteiger partial charge on any atom is -0.355 e. The summed E-state index contributed by atoms with van der Waals surface area (Å²) in [6, 6.07) is 1.19. The molecule has 1 atom stereocenters. The highest BCUT2D eigenvalue weighted by molar-refractivity contribution is 14.0. The first-order valence-electron chi connectivity index (χ1n) is 7.87. The van der Waals surface area contributed by atoms with Crippen LogP contribution in [0.3, 0.4) is 0 Å². The number of hydrogen-bond donors (Lipinski definition) is 2. The Morgan fingerprint density at radius 1 is 1.27 bits per heavy atom. The number of nitrogens with one attached hydrogen (secondary N) is 2. The fourth-order valence-corrected chi connectivity index (χ4v) is 3.72. The second-order valence-electron chi connectivity index (χ2n) is 6.19. The van der Waals surface area contributed by atoms with Crippen LogP contribution >= 0.6 is 24.0 Å². The number of sulfone groups is 1. The molecule has 6 nitrogen and oxygen atoms in total. The molecule has 1 aliphatic heterocycles. The summed E-state index contributed by atoms with van der Waals surface area (Å²) in [7, 11) is -1.21. The lowest BCUT2D eigenvalue weighted by Crippen LogP contribution is -2.46. The summed E-state index contributed by atoms with van der Waals surface area (Å²) in [5.74, 6) is 0.837. The van der Waals surface area contributed by atoms with Crippen molar-refractivity contribution in [2.24, 2.45) is 4.99 Å². The molecular weight excluding hydrogens is 415 g/mol. The van der Waals surface area contributed by atoms with Crippen LogP contribution in [-0.4, -0.2) is 70.1 Å². The first-order chi connectivity index (χ1) is 9.98. The molecule has 1 saturated heterocycles. The van der Waals surface area contributed by atoms with Gasteiger partial charge in [0.15, 0.2) is 5.96 Å². The quantitative estimate of drug-likeness (QED) is 0.374. The Balaban J connectivity index is 0.00000242. The maximum Gasteiger partial charge on any atom is 0.191 e. The molecule has 0 amide bonds. The van der Waals surface area contributed by atoms with E-state index in [9.17, 15) is 8.42 Å². The standard InChI is InChI=1S/C14H28N4O2S.HI/c1-15-14(16-8-10-21(2,19)20)17-12-7-9-18(11-12)13-5-3-4-6-13;/h12-13H,3-11H2,1-2H3,(H2,15,16,17);1H. The maximum atomic E-state index is 11.1. The summed E-state index contributed by atoms with van der Waals surface area (Å²) < 4.78 is 22.3. The largest absolute Gasteiger partial charge is 0.355 e. The number of hydrogen-bond acceptors (Lipinski definition) is 4. The second kappa shape index (κ2) is 9.27. The zero-order valence-electron chi connectivity index (χ0n) is 13.5. The van der Waals surface area contributed by atoms with E-state index in [1.54, 1.807) is 7.05 Å². The smallest absolute Gasteiger partial charge is 0.191 e. The Morgan fingerprint density at radius 3 is 2.55 bits per heavy atom. The number of rotatable bonds is 5. The lowest BCUT2D eigenvalue weighted by atomic mass is 10.2. The van der Waals surface area contributed by atoms with Gasteiger partial charge in [0.2, 0.25) is 0 Å². The molecule has 2 aliphatic rings. The summed E-state index contributed by atoms with van der Waals surface area (Å²) in [5, 5.41) is 6.49. The van der Waals surface area contributed by atoms with Crippen LogP contribution < -0.4 is 10.6 Å². The van der Waals surface area contributed by atoms with Crippen LogP contribution in [0.1, 0.15) is 32.1 Å². The third-order valence-electron chi connectivity index (χ3n) is 4.39. The molecule has 1 saturated carbocycles. The van der Waals surface area contributed by atoms with E-state index >= 15 is 0 Å². The third kappa shape index (κ3) is 6.57. The lowest BCUT2D eigenvalue weighted by molar-refractivity contribution is 0.242. The van der Waals surface area contributed by atoms with Gasteiger partial charge in [-0.3, -0.25) is 9.89 Å². The minimum atomic E-state index is -2.93. The van der Waals surface area contributed by atoms with E-state index in [0.29, 0.717) is 18.5 Å². The predicted octanol–water partition coefficient (Wildman–Crippen LogP) is 0.831. The van der Waals surface area contributed by atoms with Gasteiger partial charge in [0.25, 0.3) is 0 Å². The van der Waals surface area contributed by atoms with E-state index in [2.05, 4.69) is 20.5 Å². The fraction of sp³-hybridized carbons (Fsp3) is 0.929. The van der Waals surface area contributed by atoms with Gasteiger partial charge in [0.05, 0.1) is 5.75 Å². The summed E-state index contributed by atoms with van der Waals surface area (Å²) in [6.07, 6.45) is 7.80. The van der Waals surface area contributed by atoms with E-state index in [4.69, 9.17) is 0 Å². The van der Waals surface area contributed by atoms with Gasteiger partial charge in [0, 0.05) is 45.0 Å². The van der Waals surface area contributed by atoms with Crippen molar-refractivity contribution in [3.05, 3.63) is 0 Å². The molecule has 2 rings (SSSR count). The van der Waals surface area contributed by atoms with Crippen molar-refractivity contribution in [2.45, 2.75) is 44.2 Å². The lowest BCUT2D eigenvalue weighted by Gasteiger charge is -2.24. The van der Waals surface area contributed by atoms with Crippen LogP contribution in [0.25, 0.3) is 0 Å². The second-order valence-corrected chi connectivity index (χ2v) is 8.45. The highest BCUT2D eigenvalue weighted by Gasteiger charge is 2.30. The first kappa shape index (κ1) is 20.0. The highest BCUT2D eigenvalue weighted by atomic mass is 127. The van der Waals surface area contributed by atoms with E-state index in [1.807, 2.05) is 0 Å². The Hall–Kier alpha value is -0.0900. The molecule has 1 heterocycles. The summed E-state index contributed by atoms with van der Waals surface area (Å²) in [6.45, 7) is 2.62. The topological polar surface area (TPSA) is 73.8 Å². The van der Waals surface area contributed by atoms with Crippen LogP contribution in [-0.2, 0) is 9.84 Å². The van der Waals surface area contributed by atoms with Gasteiger partial charge in [0.1, 0.15) is 9.84 Å². The van der Waals surface area contributed by atoms with Gasteiger partial charge >= 0.3 is 0 Å². The molecule has 1 aliphatic carbocycles. The van der Waals surface area contributed by atoms with Gasteiger partial charge in [-0.25, -0.2) is 8.42 Å². The summed E-state index contributed by atoms with van der Waals surface area (Å²) in [5.41, 5.74) is 0. The monoisotopic (exact) mass is 444 g/mol. The van der Waals surface area contributed by atoms with Crippen LogP contribution in [0.4, 0.5) is 0 Å². The van der Waals surface area contributed by atoms with Crippen LogP contribution in [0.5, 0.6) is 0 Å². The van der Waals surface area contributed by atoms with Crippen molar-refractivity contribution >= 4 is 39.8 Å². The number of likely N-dealkylation sites (tertiary alicyclic amines) is 1. The average molecular weight is 444 g/mol. The van der Waals surface area contributed by atoms with Gasteiger partial charge in [-0.1, -0.05) is 12.8 Å². The molecule has 0 aromatic carbocycles. The Bertz CT molecular complexity index is 463. The normalized spacial score (nSPS) is 24.3. The molecular formula is C14H29IN4O2S. The van der Waals surface area contributed by atoms with E-state index < -0.39 is 9.84 Å². The van der Waals surface area contributed by atoms with Crippen LogP contribution in [0, 0.1) is 0 Å². The van der Waals surface area contributed by atoms with Crippen LogP contribution in [0.2, 0.25) is 0 Å².